The number of carbonyl (C=O) groups is 1. The molecule has 1 N–H and O–H groups in total. The molecule has 1 rings (SSSR count). The predicted molar refractivity (Wildman–Crippen MR) is 54.6 cm³/mol. The number of allylic oxidation sites excluding steroid dienone is 1. The van der Waals surface area contributed by atoms with Crippen molar-refractivity contribution in [2.24, 2.45) is 5.41 Å². The van der Waals surface area contributed by atoms with Crippen LogP contribution in [0.15, 0.2) is 11.6 Å². The second-order valence-electron chi connectivity index (χ2n) is 4.36. The Hall–Kier alpha value is -0.630. The van der Waals surface area contributed by atoms with Crippen LogP contribution in [0.25, 0.3) is 0 Å². The van der Waals surface area contributed by atoms with Gasteiger partial charge in [-0.3, -0.25) is 4.79 Å². The number of ketones is 1. The Labute approximate surface area is 80.4 Å². The van der Waals surface area contributed by atoms with Crippen molar-refractivity contribution in [2.45, 2.75) is 33.6 Å². The molecule has 13 heavy (non-hydrogen) atoms. The molecule has 2 heteroatoms. The highest BCUT2D eigenvalue weighted by Crippen LogP contribution is 2.30. The quantitative estimate of drug-likeness (QED) is 0.720. The van der Waals surface area contributed by atoms with Gasteiger partial charge < -0.3 is 5.32 Å². The van der Waals surface area contributed by atoms with Gasteiger partial charge in [0, 0.05) is 18.5 Å². The fourth-order valence-electron chi connectivity index (χ4n) is 1.63. The van der Waals surface area contributed by atoms with Crippen molar-refractivity contribution in [2.75, 3.05) is 13.1 Å². The van der Waals surface area contributed by atoms with Gasteiger partial charge in [-0.05, 0) is 18.4 Å². The van der Waals surface area contributed by atoms with Gasteiger partial charge >= 0.3 is 0 Å². The summed E-state index contributed by atoms with van der Waals surface area (Å²) in [6, 6.07) is 0. The Morgan fingerprint density at radius 1 is 1.54 bits per heavy atom. The molecule has 0 aromatic carbocycles. The third kappa shape index (κ3) is 2.96. The monoisotopic (exact) mass is 181 g/mol. The molecule has 0 aromatic rings. The molecule has 0 amide bonds. The van der Waals surface area contributed by atoms with E-state index in [2.05, 4.69) is 32.2 Å². The average molecular weight is 181 g/mol. The summed E-state index contributed by atoms with van der Waals surface area (Å²) in [5, 5.41) is 3.20. The van der Waals surface area contributed by atoms with Crippen LogP contribution in [0.3, 0.4) is 0 Å². The summed E-state index contributed by atoms with van der Waals surface area (Å²) in [6.45, 7) is 8.08. The standard InChI is InChI=1S/C11H19NO/c1-4-12-8-9-7-11(2,3)6-5-10(9)13/h7,12H,4-6,8H2,1-3H3. The minimum atomic E-state index is 0.207. The van der Waals surface area contributed by atoms with Crippen LogP contribution in [0, 0.1) is 5.41 Å². The smallest absolute Gasteiger partial charge is 0.159 e. The molecule has 1 aliphatic carbocycles. The number of likely N-dealkylation sites (N-methyl/N-ethyl adjacent to an activating group) is 1. The summed E-state index contributed by atoms with van der Waals surface area (Å²) in [5.41, 5.74) is 1.18. The largest absolute Gasteiger partial charge is 0.313 e. The zero-order chi connectivity index (χ0) is 9.90. The van der Waals surface area contributed by atoms with Gasteiger partial charge in [-0.25, -0.2) is 0 Å². The maximum Gasteiger partial charge on any atom is 0.159 e. The van der Waals surface area contributed by atoms with E-state index in [1.54, 1.807) is 0 Å². The van der Waals surface area contributed by atoms with Gasteiger partial charge in [0.05, 0.1) is 0 Å². The maximum absolute atomic E-state index is 11.5. The fourth-order valence-corrected chi connectivity index (χ4v) is 1.63. The molecule has 0 radical (unpaired) electrons. The number of nitrogens with one attached hydrogen (secondary N) is 1. The van der Waals surface area contributed by atoms with E-state index in [4.69, 9.17) is 0 Å². The van der Waals surface area contributed by atoms with Crippen molar-refractivity contribution in [1.29, 1.82) is 0 Å². The van der Waals surface area contributed by atoms with Crippen LogP contribution in [-0.2, 0) is 4.79 Å². The van der Waals surface area contributed by atoms with Crippen molar-refractivity contribution in [3.05, 3.63) is 11.6 Å². The van der Waals surface area contributed by atoms with Gasteiger partial charge in [-0.15, -0.1) is 0 Å². The highest BCUT2D eigenvalue weighted by molar-refractivity contribution is 5.96. The Bertz CT molecular complexity index is 228. The lowest BCUT2D eigenvalue weighted by Gasteiger charge is -2.26. The molecule has 0 aliphatic heterocycles. The van der Waals surface area contributed by atoms with E-state index < -0.39 is 0 Å². The van der Waals surface area contributed by atoms with Gasteiger partial charge in [-0.2, -0.15) is 0 Å². The van der Waals surface area contributed by atoms with Gasteiger partial charge in [0.1, 0.15) is 0 Å². The minimum absolute atomic E-state index is 0.207. The number of rotatable bonds is 3. The summed E-state index contributed by atoms with van der Waals surface area (Å²) in [7, 11) is 0. The molecule has 74 valence electrons. The van der Waals surface area contributed by atoms with Crippen molar-refractivity contribution < 1.29 is 4.79 Å². The molecule has 1 aliphatic rings. The molecule has 0 atom stereocenters. The zero-order valence-corrected chi connectivity index (χ0v) is 8.81. The predicted octanol–water partition coefficient (Wildman–Crippen LogP) is 1.91. The first-order valence-electron chi connectivity index (χ1n) is 5.01. The van der Waals surface area contributed by atoms with E-state index in [0.29, 0.717) is 12.2 Å². The molecule has 0 spiro atoms. The molecular formula is C11H19NO. The number of hydrogen-bond acceptors (Lipinski definition) is 2. The van der Waals surface area contributed by atoms with E-state index in [-0.39, 0.29) is 5.41 Å². The molecule has 0 fully saturated rings. The van der Waals surface area contributed by atoms with Gasteiger partial charge in [0.25, 0.3) is 0 Å². The Morgan fingerprint density at radius 3 is 2.85 bits per heavy atom. The Morgan fingerprint density at radius 2 is 2.23 bits per heavy atom. The SMILES string of the molecule is CCNCC1=CC(C)(C)CCC1=O. The van der Waals surface area contributed by atoms with Crippen molar-refractivity contribution >= 4 is 5.78 Å². The fraction of sp³-hybridized carbons (Fsp3) is 0.727. The number of Topliss-reactive ketones (excluding diaryl/α,β-unsaturated/α-hetero) is 1. The summed E-state index contributed by atoms with van der Waals surface area (Å²) in [5.74, 6) is 0.320. The molecule has 0 heterocycles. The summed E-state index contributed by atoms with van der Waals surface area (Å²) in [6.07, 6.45) is 3.83. The van der Waals surface area contributed by atoms with Gasteiger partial charge in [0.2, 0.25) is 0 Å². The lowest BCUT2D eigenvalue weighted by molar-refractivity contribution is -0.116. The summed E-state index contributed by atoms with van der Waals surface area (Å²) < 4.78 is 0. The first kappa shape index (κ1) is 10.5. The topological polar surface area (TPSA) is 29.1 Å². The molecule has 0 saturated carbocycles. The first-order valence-corrected chi connectivity index (χ1v) is 5.01. The third-order valence-electron chi connectivity index (χ3n) is 2.48. The van der Waals surface area contributed by atoms with Crippen molar-refractivity contribution in [3.8, 4) is 0 Å². The molecule has 2 nitrogen and oxygen atoms in total. The normalized spacial score (nSPS) is 21.5. The minimum Gasteiger partial charge on any atom is -0.313 e. The van der Waals surface area contributed by atoms with E-state index in [9.17, 15) is 4.79 Å². The van der Waals surface area contributed by atoms with Crippen LogP contribution in [0.1, 0.15) is 33.6 Å². The van der Waals surface area contributed by atoms with Crippen LogP contribution in [-0.4, -0.2) is 18.9 Å². The van der Waals surface area contributed by atoms with Crippen LogP contribution in [0.2, 0.25) is 0 Å². The summed E-state index contributed by atoms with van der Waals surface area (Å²) >= 11 is 0. The zero-order valence-electron chi connectivity index (χ0n) is 8.81. The molecule has 0 aromatic heterocycles. The number of hydrogen-bond donors (Lipinski definition) is 1. The second-order valence-corrected chi connectivity index (χ2v) is 4.36. The van der Waals surface area contributed by atoms with E-state index in [1.165, 1.54) is 0 Å². The first-order chi connectivity index (χ1) is 6.05. The van der Waals surface area contributed by atoms with Crippen LogP contribution >= 0.6 is 0 Å². The second kappa shape index (κ2) is 4.05. The van der Waals surface area contributed by atoms with E-state index in [0.717, 1.165) is 25.1 Å². The molecule has 0 unspecified atom stereocenters. The van der Waals surface area contributed by atoms with Gasteiger partial charge in [-0.1, -0.05) is 26.8 Å². The Kier molecular flexibility index (Phi) is 3.26. The third-order valence-corrected chi connectivity index (χ3v) is 2.48. The Balaban J connectivity index is 2.67. The average Bonchev–Trinajstić information content (AvgIpc) is 2.07. The van der Waals surface area contributed by atoms with Crippen molar-refractivity contribution in [3.63, 3.8) is 0 Å². The maximum atomic E-state index is 11.5. The van der Waals surface area contributed by atoms with E-state index >= 15 is 0 Å². The van der Waals surface area contributed by atoms with E-state index in [1.807, 2.05) is 0 Å². The van der Waals surface area contributed by atoms with Crippen molar-refractivity contribution in [1.82, 2.24) is 5.32 Å². The lowest BCUT2D eigenvalue weighted by Crippen LogP contribution is -2.27. The highest BCUT2D eigenvalue weighted by atomic mass is 16.1. The summed E-state index contributed by atoms with van der Waals surface area (Å²) in [4.78, 5) is 11.5. The number of carbonyl (C=O) groups excluding carboxylic acids is 1. The molecule has 0 bridgehead atoms. The van der Waals surface area contributed by atoms with Crippen LogP contribution in [0.4, 0.5) is 0 Å². The lowest BCUT2D eigenvalue weighted by atomic mass is 9.79. The highest BCUT2D eigenvalue weighted by Gasteiger charge is 2.25. The molecule has 0 saturated heterocycles. The van der Waals surface area contributed by atoms with Crippen LogP contribution in [0.5, 0.6) is 0 Å². The van der Waals surface area contributed by atoms with Gasteiger partial charge in [0.15, 0.2) is 5.78 Å². The molecular weight excluding hydrogens is 162 g/mol. The van der Waals surface area contributed by atoms with Crippen LogP contribution < -0.4 is 5.32 Å².